The van der Waals surface area contributed by atoms with Crippen LogP contribution in [0.15, 0.2) is 30.3 Å². The van der Waals surface area contributed by atoms with Crippen LogP contribution in [0.1, 0.15) is 5.56 Å². The lowest BCUT2D eigenvalue weighted by Crippen LogP contribution is -2.26. The van der Waals surface area contributed by atoms with Crippen molar-refractivity contribution in [3.8, 4) is 0 Å². The molecule has 13 heavy (non-hydrogen) atoms. The molecule has 0 aromatic heterocycles. The highest BCUT2D eigenvalue weighted by atomic mass is 79.9. The maximum atomic E-state index is 12.3. The molecule has 0 radical (unpaired) electrons. The van der Waals surface area contributed by atoms with E-state index in [-0.39, 0.29) is 6.54 Å². The zero-order valence-electron chi connectivity index (χ0n) is 6.93. The Morgan fingerprint density at radius 2 is 1.85 bits per heavy atom. The predicted octanol–water partition coefficient (Wildman–Crippen LogP) is 2.76. The molecule has 0 unspecified atom stereocenters. The van der Waals surface area contributed by atoms with Crippen LogP contribution in [0.3, 0.4) is 0 Å². The fraction of sp³-hybridized carbons (Fsp3) is 0.333. The average Bonchev–Trinajstić information content (AvgIpc) is 2.04. The number of hydrogen-bond donors (Lipinski definition) is 1. The van der Waals surface area contributed by atoms with Crippen LogP contribution in [0.4, 0.5) is 8.78 Å². The van der Waals surface area contributed by atoms with Gasteiger partial charge < -0.3 is 5.32 Å². The zero-order valence-corrected chi connectivity index (χ0v) is 8.52. The SMILES string of the molecule is FC(F)(Br)CNCc1ccccc1. The van der Waals surface area contributed by atoms with Crippen molar-refractivity contribution >= 4 is 15.9 Å². The zero-order chi connectivity index (χ0) is 9.73. The summed E-state index contributed by atoms with van der Waals surface area (Å²) in [5.41, 5.74) is 0.999. The van der Waals surface area contributed by atoms with Gasteiger partial charge in [-0.2, -0.15) is 8.78 Å². The van der Waals surface area contributed by atoms with Crippen molar-refractivity contribution in [3.63, 3.8) is 0 Å². The van der Waals surface area contributed by atoms with Gasteiger partial charge in [0.05, 0.1) is 6.54 Å². The van der Waals surface area contributed by atoms with Gasteiger partial charge in [-0.05, 0) is 21.5 Å². The fourth-order valence-electron chi connectivity index (χ4n) is 0.944. The van der Waals surface area contributed by atoms with Crippen molar-refractivity contribution < 1.29 is 8.78 Å². The molecule has 4 heteroatoms. The van der Waals surface area contributed by atoms with Crippen LogP contribution >= 0.6 is 15.9 Å². The Hall–Kier alpha value is -0.480. The molecule has 1 rings (SSSR count). The summed E-state index contributed by atoms with van der Waals surface area (Å²) in [5, 5.41) is 2.64. The molecule has 1 nitrogen and oxygen atoms in total. The third-order valence-electron chi connectivity index (χ3n) is 1.50. The van der Waals surface area contributed by atoms with Gasteiger partial charge in [-0.25, -0.2) is 0 Å². The smallest absolute Gasteiger partial charge is 0.306 e. The van der Waals surface area contributed by atoms with Gasteiger partial charge in [-0.1, -0.05) is 30.3 Å². The minimum atomic E-state index is -2.82. The second kappa shape index (κ2) is 4.67. The van der Waals surface area contributed by atoms with Gasteiger partial charge >= 0.3 is 4.83 Å². The van der Waals surface area contributed by atoms with Crippen LogP contribution in [0, 0.1) is 0 Å². The molecule has 0 heterocycles. The first-order valence-electron chi connectivity index (χ1n) is 3.89. The topological polar surface area (TPSA) is 12.0 Å². The molecule has 1 aromatic carbocycles. The first kappa shape index (κ1) is 10.6. The molecular weight excluding hydrogens is 240 g/mol. The molecule has 1 aromatic rings. The van der Waals surface area contributed by atoms with Crippen molar-refractivity contribution in [1.29, 1.82) is 0 Å². The van der Waals surface area contributed by atoms with Crippen LogP contribution in [-0.2, 0) is 6.54 Å². The first-order chi connectivity index (χ1) is 6.08. The van der Waals surface area contributed by atoms with E-state index in [0.29, 0.717) is 6.54 Å². The number of benzene rings is 1. The molecule has 0 spiro atoms. The molecular formula is C9H10BrF2N. The number of alkyl halides is 3. The molecule has 0 aliphatic heterocycles. The average molecular weight is 250 g/mol. The van der Waals surface area contributed by atoms with Crippen molar-refractivity contribution in [2.45, 2.75) is 11.4 Å². The van der Waals surface area contributed by atoms with E-state index in [9.17, 15) is 8.78 Å². The maximum absolute atomic E-state index is 12.3. The van der Waals surface area contributed by atoms with E-state index in [4.69, 9.17) is 0 Å². The standard InChI is InChI=1S/C9H10BrF2N/c10-9(11,12)7-13-6-8-4-2-1-3-5-8/h1-5,13H,6-7H2. The van der Waals surface area contributed by atoms with Crippen molar-refractivity contribution in [2.24, 2.45) is 0 Å². The molecule has 0 bridgehead atoms. The van der Waals surface area contributed by atoms with E-state index in [2.05, 4.69) is 21.2 Å². The second-order valence-electron chi connectivity index (χ2n) is 2.70. The van der Waals surface area contributed by atoms with Gasteiger partial charge in [0.25, 0.3) is 0 Å². The van der Waals surface area contributed by atoms with Crippen molar-refractivity contribution in [2.75, 3.05) is 6.54 Å². The molecule has 0 amide bonds. The van der Waals surface area contributed by atoms with Gasteiger partial charge in [-0.15, -0.1) is 0 Å². The van der Waals surface area contributed by atoms with Crippen molar-refractivity contribution in [3.05, 3.63) is 35.9 Å². The Balaban J connectivity index is 2.29. The Labute approximate surface area is 84.3 Å². The molecule has 72 valence electrons. The van der Waals surface area contributed by atoms with Gasteiger partial charge in [-0.3, -0.25) is 0 Å². The van der Waals surface area contributed by atoms with Gasteiger partial charge in [0, 0.05) is 6.54 Å². The lowest BCUT2D eigenvalue weighted by Gasteiger charge is -2.09. The fourth-order valence-corrected chi connectivity index (χ4v) is 1.14. The Bertz CT molecular complexity index is 246. The van der Waals surface area contributed by atoms with Crippen LogP contribution in [-0.4, -0.2) is 11.4 Å². The number of nitrogens with one attached hydrogen (secondary N) is 1. The van der Waals surface area contributed by atoms with E-state index >= 15 is 0 Å². The van der Waals surface area contributed by atoms with Gasteiger partial charge in [0.15, 0.2) is 0 Å². The summed E-state index contributed by atoms with van der Waals surface area (Å²) in [6.45, 7) is 0.101. The maximum Gasteiger partial charge on any atom is 0.313 e. The molecule has 0 fully saturated rings. The highest BCUT2D eigenvalue weighted by molar-refractivity contribution is 9.10. The molecule has 0 aliphatic carbocycles. The van der Waals surface area contributed by atoms with E-state index < -0.39 is 4.83 Å². The van der Waals surface area contributed by atoms with E-state index in [1.165, 1.54) is 0 Å². The minimum Gasteiger partial charge on any atom is -0.306 e. The Kier molecular flexibility index (Phi) is 3.81. The number of rotatable bonds is 4. The van der Waals surface area contributed by atoms with Gasteiger partial charge in [0.1, 0.15) is 0 Å². The lowest BCUT2D eigenvalue weighted by atomic mass is 10.2. The summed E-state index contributed by atoms with van der Waals surface area (Å²) in [6.07, 6.45) is 0. The first-order valence-corrected chi connectivity index (χ1v) is 4.68. The van der Waals surface area contributed by atoms with Crippen LogP contribution in [0.2, 0.25) is 0 Å². The quantitative estimate of drug-likeness (QED) is 0.810. The monoisotopic (exact) mass is 249 g/mol. The predicted molar refractivity (Wildman–Crippen MR) is 52.0 cm³/mol. The molecule has 0 saturated heterocycles. The van der Waals surface area contributed by atoms with E-state index in [1.807, 2.05) is 30.3 Å². The second-order valence-corrected chi connectivity index (χ2v) is 3.86. The highest BCUT2D eigenvalue weighted by Crippen LogP contribution is 2.19. The van der Waals surface area contributed by atoms with E-state index in [0.717, 1.165) is 5.56 Å². The normalized spacial score (nSPS) is 11.6. The molecule has 1 N–H and O–H groups in total. The number of halogens is 3. The largest absolute Gasteiger partial charge is 0.313 e. The van der Waals surface area contributed by atoms with Crippen LogP contribution < -0.4 is 5.32 Å². The summed E-state index contributed by atoms with van der Waals surface area (Å²) in [5.74, 6) is 0. The summed E-state index contributed by atoms with van der Waals surface area (Å²) < 4.78 is 24.6. The minimum absolute atomic E-state index is 0.359. The third kappa shape index (κ3) is 4.95. The van der Waals surface area contributed by atoms with Crippen molar-refractivity contribution in [1.82, 2.24) is 5.32 Å². The van der Waals surface area contributed by atoms with Crippen LogP contribution in [0.25, 0.3) is 0 Å². The molecule has 0 atom stereocenters. The number of hydrogen-bond acceptors (Lipinski definition) is 1. The summed E-state index contributed by atoms with van der Waals surface area (Å²) in [4.78, 5) is -2.82. The molecule has 0 saturated carbocycles. The summed E-state index contributed by atoms with van der Waals surface area (Å²) >= 11 is 2.26. The highest BCUT2D eigenvalue weighted by Gasteiger charge is 2.22. The summed E-state index contributed by atoms with van der Waals surface area (Å²) in [6, 6.07) is 9.42. The van der Waals surface area contributed by atoms with Gasteiger partial charge in [0.2, 0.25) is 0 Å². The lowest BCUT2D eigenvalue weighted by molar-refractivity contribution is 0.113. The third-order valence-corrected chi connectivity index (χ3v) is 1.78. The molecule has 0 aliphatic rings. The Morgan fingerprint density at radius 3 is 2.38 bits per heavy atom. The summed E-state index contributed by atoms with van der Waals surface area (Å²) in [7, 11) is 0. The van der Waals surface area contributed by atoms with Crippen LogP contribution in [0.5, 0.6) is 0 Å². The Morgan fingerprint density at radius 1 is 1.23 bits per heavy atom. The van der Waals surface area contributed by atoms with E-state index in [1.54, 1.807) is 0 Å².